The average Bonchev–Trinajstić information content (AvgIpc) is 2.69. The highest BCUT2D eigenvalue weighted by molar-refractivity contribution is 7.89. The lowest BCUT2D eigenvalue weighted by atomic mass is 10.2. The van der Waals surface area contributed by atoms with Gasteiger partial charge in [-0.2, -0.15) is 17.5 Å². The largest absolute Gasteiger partial charge is 0.416 e. The maximum atomic E-state index is 12.9. The van der Waals surface area contributed by atoms with Gasteiger partial charge in [-0.1, -0.05) is 17.7 Å². The van der Waals surface area contributed by atoms with Crippen LogP contribution in [0.5, 0.6) is 0 Å². The summed E-state index contributed by atoms with van der Waals surface area (Å²) in [4.78, 5) is 0.0122. The molecule has 0 bridgehead atoms. The fourth-order valence-corrected chi connectivity index (χ4v) is 4.58. The van der Waals surface area contributed by atoms with Crippen molar-refractivity contribution in [2.45, 2.75) is 11.1 Å². The number of anilines is 2. The van der Waals surface area contributed by atoms with Gasteiger partial charge in [-0.25, -0.2) is 8.42 Å². The zero-order chi connectivity index (χ0) is 21.9. The van der Waals surface area contributed by atoms with Crippen molar-refractivity contribution in [1.82, 2.24) is 4.31 Å². The third kappa shape index (κ3) is 5.41. The molecule has 2 N–H and O–H groups in total. The van der Waals surface area contributed by atoms with Crippen molar-refractivity contribution in [1.29, 1.82) is 0 Å². The predicted molar refractivity (Wildman–Crippen MR) is 112 cm³/mol. The summed E-state index contributed by atoms with van der Waals surface area (Å²) < 4.78 is 70.6. The van der Waals surface area contributed by atoms with Gasteiger partial charge in [0.05, 0.1) is 34.4 Å². The van der Waals surface area contributed by atoms with Crippen molar-refractivity contribution in [2.75, 3.05) is 36.9 Å². The van der Waals surface area contributed by atoms with E-state index in [0.29, 0.717) is 13.2 Å². The van der Waals surface area contributed by atoms with E-state index in [1.165, 1.54) is 34.6 Å². The molecule has 1 aliphatic heterocycles. The predicted octanol–water partition coefficient (Wildman–Crippen LogP) is 4.19. The van der Waals surface area contributed by atoms with Crippen LogP contribution in [0.15, 0.2) is 47.4 Å². The number of alkyl halides is 3. The number of sulfonamides is 1. The van der Waals surface area contributed by atoms with Gasteiger partial charge in [0.15, 0.2) is 5.11 Å². The smallest absolute Gasteiger partial charge is 0.379 e. The molecule has 0 saturated carbocycles. The quantitative estimate of drug-likeness (QED) is 0.641. The van der Waals surface area contributed by atoms with Crippen molar-refractivity contribution in [3.05, 3.63) is 53.1 Å². The molecule has 30 heavy (non-hydrogen) atoms. The van der Waals surface area contributed by atoms with Crippen LogP contribution in [-0.2, 0) is 20.9 Å². The van der Waals surface area contributed by atoms with Gasteiger partial charge in [-0.05, 0) is 48.6 Å². The number of ether oxygens (including phenoxy) is 1. The summed E-state index contributed by atoms with van der Waals surface area (Å²) in [6.45, 7) is 1.10. The Balaban J connectivity index is 1.77. The molecule has 0 spiro atoms. The number of halogens is 4. The fraction of sp³-hybridized carbons (Fsp3) is 0.278. The molecule has 0 amide bonds. The van der Waals surface area contributed by atoms with Crippen molar-refractivity contribution >= 4 is 50.3 Å². The van der Waals surface area contributed by atoms with Crippen LogP contribution >= 0.6 is 23.8 Å². The molecule has 3 rings (SSSR count). The Labute approximate surface area is 182 Å². The number of hydrogen-bond acceptors (Lipinski definition) is 4. The molecule has 0 aliphatic carbocycles. The lowest BCUT2D eigenvalue weighted by molar-refractivity contribution is -0.137. The van der Waals surface area contributed by atoms with Crippen molar-refractivity contribution < 1.29 is 26.3 Å². The minimum Gasteiger partial charge on any atom is -0.379 e. The average molecular weight is 480 g/mol. The molecule has 1 saturated heterocycles. The third-order valence-corrected chi connectivity index (χ3v) is 6.67. The second-order valence-corrected chi connectivity index (χ2v) is 9.07. The summed E-state index contributed by atoms with van der Waals surface area (Å²) in [5.74, 6) is 0. The molecule has 6 nitrogen and oxygen atoms in total. The first kappa shape index (κ1) is 22.8. The number of thiocarbonyl (C=S) groups is 1. The number of nitrogens with one attached hydrogen (secondary N) is 2. The van der Waals surface area contributed by atoms with Crippen LogP contribution in [0.2, 0.25) is 5.02 Å². The first-order valence-corrected chi connectivity index (χ1v) is 10.9. The van der Waals surface area contributed by atoms with Gasteiger partial charge in [0.25, 0.3) is 0 Å². The second-order valence-electron chi connectivity index (χ2n) is 6.32. The van der Waals surface area contributed by atoms with E-state index < -0.39 is 21.8 Å². The van der Waals surface area contributed by atoms with Crippen molar-refractivity contribution in [3.63, 3.8) is 0 Å². The number of rotatable bonds is 4. The van der Waals surface area contributed by atoms with Crippen LogP contribution in [0.3, 0.4) is 0 Å². The zero-order valence-corrected chi connectivity index (χ0v) is 17.8. The molecule has 2 aromatic rings. The standard InChI is InChI=1S/C18H17ClF3N3O3S2/c19-15-5-4-14(30(26,27)25-6-8-28-9-7-25)11-16(15)24-17(29)23-13-3-1-2-12(10-13)18(20,21)22/h1-5,10-11H,6-9H2,(H2,23,24,29). The Morgan fingerprint density at radius 2 is 1.80 bits per heavy atom. The highest BCUT2D eigenvalue weighted by Gasteiger charge is 2.30. The minimum absolute atomic E-state index is 0.0122. The Kier molecular flexibility index (Phi) is 6.88. The third-order valence-electron chi connectivity index (χ3n) is 4.24. The normalized spacial score (nSPS) is 15.6. The van der Waals surface area contributed by atoms with Gasteiger partial charge < -0.3 is 15.4 Å². The van der Waals surface area contributed by atoms with Gasteiger partial charge >= 0.3 is 6.18 Å². The van der Waals surface area contributed by atoms with Crippen LogP contribution in [0.4, 0.5) is 24.5 Å². The first-order valence-electron chi connectivity index (χ1n) is 8.70. The maximum Gasteiger partial charge on any atom is 0.416 e. The number of benzene rings is 2. The lowest BCUT2D eigenvalue weighted by Gasteiger charge is -2.26. The van der Waals surface area contributed by atoms with Crippen LogP contribution in [0, 0.1) is 0 Å². The topological polar surface area (TPSA) is 70.7 Å². The summed E-state index contributed by atoms with van der Waals surface area (Å²) >= 11 is 11.3. The van der Waals surface area contributed by atoms with E-state index in [4.69, 9.17) is 28.6 Å². The molecule has 12 heteroatoms. The zero-order valence-electron chi connectivity index (χ0n) is 15.4. The summed E-state index contributed by atoms with van der Waals surface area (Å²) in [6, 6.07) is 8.63. The van der Waals surface area contributed by atoms with Crippen molar-refractivity contribution in [3.8, 4) is 0 Å². The monoisotopic (exact) mass is 479 g/mol. The molecular formula is C18H17ClF3N3O3S2. The number of morpholine rings is 1. The molecule has 1 heterocycles. The van der Waals surface area contributed by atoms with E-state index in [2.05, 4.69) is 10.6 Å². The Hall–Kier alpha value is -1.92. The van der Waals surface area contributed by atoms with E-state index in [1.54, 1.807) is 0 Å². The van der Waals surface area contributed by atoms with Gasteiger partial charge in [0.1, 0.15) is 0 Å². The highest BCUT2D eigenvalue weighted by atomic mass is 35.5. The number of nitrogens with zero attached hydrogens (tertiary/aromatic N) is 1. The Morgan fingerprint density at radius 3 is 2.47 bits per heavy atom. The van der Waals surface area contributed by atoms with E-state index >= 15 is 0 Å². The Morgan fingerprint density at radius 1 is 1.10 bits per heavy atom. The van der Waals surface area contributed by atoms with Crippen LogP contribution in [0.25, 0.3) is 0 Å². The molecule has 0 radical (unpaired) electrons. The summed E-state index contributed by atoms with van der Waals surface area (Å²) in [5, 5.41) is 5.52. The highest BCUT2D eigenvalue weighted by Crippen LogP contribution is 2.31. The molecule has 2 aromatic carbocycles. The Bertz CT molecular complexity index is 1040. The first-order chi connectivity index (χ1) is 14.1. The fourth-order valence-electron chi connectivity index (χ4n) is 2.75. The minimum atomic E-state index is -4.49. The number of hydrogen-bond donors (Lipinski definition) is 2. The van der Waals surface area contributed by atoms with E-state index in [0.717, 1.165) is 12.1 Å². The molecular weight excluding hydrogens is 463 g/mol. The molecule has 0 unspecified atom stereocenters. The molecule has 0 aromatic heterocycles. The lowest BCUT2D eigenvalue weighted by Crippen LogP contribution is -2.40. The summed E-state index contributed by atoms with van der Waals surface area (Å²) in [5.41, 5.74) is -0.502. The van der Waals surface area contributed by atoms with E-state index in [9.17, 15) is 21.6 Å². The van der Waals surface area contributed by atoms with E-state index in [1.807, 2.05) is 0 Å². The maximum absolute atomic E-state index is 12.9. The SMILES string of the molecule is O=S(=O)(c1ccc(Cl)c(NC(=S)Nc2cccc(C(F)(F)F)c2)c1)N1CCOCC1. The van der Waals surface area contributed by atoms with Crippen LogP contribution < -0.4 is 10.6 Å². The molecule has 1 aliphatic rings. The van der Waals surface area contributed by atoms with Crippen molar-refractivity contribution in [2.24, 2.45) is 0 Å². The van der Waals surface area contributed by atoms with E-state index in [-0.39, 0.29) is 39.5 Å². The van der Waals surface area contributed by atoms with Gasteiger partial charge in [-0.3, -0.25) is 0 Å². The summed E-state index contributed by atoms with van der Waals surface area (Å²) in [6.07, 6.45) is -4.49. The van der Waals surface area contributed by atoms with Gasteiger partial charge in [0, 0.05) is 18.8 Å². The van der Waals surface area contributed by atoms with Crippen LogP contribution in [0.1, 0.15) is 5.56 Å². The van der Waals surface area contributed by atoms with Gasteiger partial charge in [-0.15, -0.1) is 0 Å². The summed E-state index contributed by atoms with van der Waals surface area (Å²) in [7, 11) is -3.75. The molecule has 162 valence electrons. The molecule has 1 fully saturated rings. The van der Waals surface area contributed by atoms with Crippen LogP contribution in [-0.4, -0.2) is 44.1 Å². The molecule has 0 atom stereocenters. The second kappa shape index (κ2) is 9.06. The van der Waals surface area contributed by atoms with Gasteiger partial charge in [0.2, 0.25) is 10.0 Å².